The first-order chi connectivity index (χ1) is 14.5. The second-order valence-electron chi connectivity index (χ2n) is 7.11. The number of methoxy groups -OCH3 is 1. The summed E-state index contributed by atoms with van der Waals surface area (Å²) in [5.74, 6) is 1.69. The molecule has 162 valence electrons. The maximum atomic E-state index is 13.2. The lowest BCUT2D eigenvalue weighted by Gasteiger charge is -2.30. The van der Waals surface area contributed by atoms with Crippen LogP contribution in [0.15, 0.2) is 48.5 Å². The molecule has 0 unspecified atom stereocenters. The third kappa shape index (κ3) is 6.80. The van der Waals surface area contributed by atoms with Crippen LogP contribution in [0.5, 0.6) is 5.75 Å². The van der Waals surface area contributed by atoms with Crippen LogP contribution < -0.4 is 10.1 Å². The first kappa shape index (κ1) is 23.8. The van der Waals surface area contributed by atoms with Gasteiger partial charge in [-0.05, 0) is 49.1 Å². The van der Waals surface area contributed by atoms with E-state index in [0.717, 1.165) is 17.1 Å². The van der Waals surface area contributed by atoms with E-state index in [1.54, 1.807) is 23.8 Å². The molecule has 0 aliphatic carbocycles. The van der Waals surface area contributed by atoms with E-state index in [1.165, 1.54) is 11.1 Å². The van der Waals surface area contributed by atoms with Crippen molar-refractivity contribution in [3.05, 3.63) is 65.2 Å². The maximum absolute atomic E-state index is 13.2. The van der Waals surface area contributed by atoms with Gasteiger partial charge in [-0.15, -0.1) is 11.8 Å². The van der Waals surface area contributed by atoms with Crippen LogP contribution in [0, 0.1) is 6.92 Å². The van der Waals surface area contributed by atoms with Crippen molar-refractivity contribution in [3.8, 4) is 5.75 Å². The molecule has 2 aromatic rings. The van der Waals surface area contributed by atoms with Crippen LogP contribution in [-0.2, 0) is 21.9 Å². The first-order valence-corrected chi connectivity index (χ1v) is 11.5. The van der Waals surface area contributed by atoms with Gasteiger partial charge in [-0.1, -0.05) is 43.3 Å². The molecule has 1 N–H and O–H groups in total. The van der Waals surface area contributed by atoms with Crippen LogP contribution in [0.2, 0.25) is 0 Å². The van der Waals surface area contributed by atoms with E-state index in [2.05, 4.69) is 24.4 Å². The van der Waals surface area contributed by atoms with Gasteiger partial charge in [0.05, 0.1) is 12.9 Å². The summed E-state index contributed by atoms with van der Waals surface area (Å²) in [6, 6.07) is 15.3. The SMILES string of the molecule is CCNC(=O)[C@H](CC)N(Cc1cccc(OC)c1)C(=O)CSCc1ccccc1C. The van der Waals surface area contributed by atoms with E-state index in [1.807, 2.05) is 50.2 Å². The van der Waals surface area contributed by atoms with Crippen molar-refractivity contribution >= 4 is 23.6 Å². The third-order valence-electron chi connectivity index (χ3n) is 4.97. The molecule has 5 nitrogen and oxygen atoms in total. The number of thioether (sulfide) groups is 1. The number of carbonyl (C=O) groups is 2. The van der Waals surface area contributed by atoms with Crippen LogP contribution in [0.25, 0.3) is 0 Å². The molecule has 30 heavy (non-hydrogen) atoms. The Balaban J connectivity index is 2.14. The molecule has 0 aliphatic heterocycles. The molecule has 2 amide bonds. The molecule has 0 heterocycles. The van der Waals surface area contributed by atoms with Crippen molar-refractivity contribution in [2.24, 2.45) is 0 Å². The molecule has 6 heteroatoms. The molecule has 0 saturated heterocycles. The zero-order chi connectivity index (χ0) is 21.9. The number of benzene rings is 2. The monoisotopic (exact) mass is 428 g/mol. The fraction of sp³-hybridized carbons (Fsp3) is 0.417. The summed E-state index contributed by atoms with van der Waals surface area (Å²) in [7, 11) is 1.62. The van der Waals surface area contributed by atoms with Crippen molar-refractivity contribution in [1.82, 2.24) is 10.2 Å². The van der Waals surface area contributed by atoms with Crippen molar-refractivity contribution in [3.63, 3.8) is 0 Å². The topological polar surface area (TPSA) is 58.6 Å². The molecule has 0 aromatic heterocycles. The van der Waals surface area contributed by atoms with Crippen molar-refractivity contribution in [1.29, 1.82) is 0 Å². The van der Waals surface area contributed by atoms with Crippen LogP contribution in [0.3, 0.4) is 0 Å². The highest BCUT2D eigenvalue weighted by Crippen LogP contribution is 2.20. The second kappa shape index (κ2) is 12.3. The average molecular weight is 429 g/mol. The number of aryl methyl sites for hydroxylation is 1. The molecule has 0 bridgehead atoms. The van der Waals surface area contributed by atoms with Gasteiger partial charge >= 0.3 is 0 Å². The molecule has 0 saturated carbocycles. The van der Waals surface area contributed by atoms with Gasteiger partial charge in [-0.3, -0.25) is 9.59 Å². The lowest BCUT2D eigenvalue weighted by Crippen LogP contribution is -2.49. The number of carbonyl (C=O) groups excluding carboxylic acids is 2. The molecule has 2 rings (SSSR count). The highest BCUT2D eigenvalue weighted by Gasteiger charge is 2.28. The molecule has 1 atom stereocenters. The van der Waals surface area contributed by atoms with E-state index < -0.39 is 6.04 Å². The lowest BCUT2D eigenvalue weighted by molar-refractivity contribution is -0.139. The van der Waals surface area contributed by atoms with Crippen LogP contribution in [0.4, 0.5) is 0 Å². The number of ether oxygens (including phenoxy) is 1. The Hall–Kier alpha value is -2.47. The lowest BCUT2D eigenvalue weighted by atomic mass is 10.1. The number of hydrogen-bond acceptors (Lipinski definition) is 4. The standard InChI is InChI=1S/C24H32N2O3S/c1-5-22(24(28)25-6-2)26(15-19-11-9-13-21(14-19)29-4)23(27)17-30-16-20-12-8-7-10-18(20)3/h7-14,22H,5-6,15-17H2,1-4H3,(H,25,28)/t22-/m0/s1. The molecular formula is C24H32N2O3S. The third-order valence-corrected chi connectivity index (χ3v) is 5.93. The van der Waals surface area contributed by atoms with Gasteiger partial charge in [-0.25, -0.2) is 0 Å². The van der Waals surface area contributed by atoms with Crippen LogP contribution in [0.1, 0.15) is 37.0 Å². The zero-order valence-electron chi connectivity index (χ0n) is 18.3. The van der Waals surface area contributed by atoms with Crippen molar-refractivity contribution in [2.75, 3.05) is 19.4 Å². The number of rotatable bonds is 11. The number of nitrogens with zero attached hydrogens (tertiary/aromatic N) is 1. The fourth-order valence-electron chi connectivity index (χ4n) is 3.28. The summed E-state index contributed by atoms with van der Waals surface area (Å²) in [6.07, 6.45) is 0.560. The van der Waals surface area contributed by atoms with E-state index in [9.17, 15) is 9.59 Å². The van der Waals surface area contributed by atoms with Crippen LogP contribution in [-0.4, -0.2) is 42.2 Å². The summed E-state index contributed by atoms with van der Waals surface area (Å²) < 4.78 is 5.31. The van der Waals surface area contributed by atoms with Crippen molar-refractivity contribution in [2.45, 2.75) is 45.5 Å². The molecular weight excluding hydrogens is 396 g/mol. The van der Waals surface area contributed by atoms with E-state index in [4.69, 9.17) is 4.74 Å². The van der Waals surface area contributed by atoms with Gasteiger partial charge in [0.2, 0.25) is 11.8 Å². The maximum Gasteiger partial charge on any atom is 0.242 e. The summed E-state index contributed by atoms with van der Waals surface area (Å²) in [5.41, 5.74) is 3.39. The predicted octanol–water partition coefficient (Wildman–Crippen LogP) is 4.18. The quantitative estimate of drug-likeness (QED) is 0.583. The first-order valence-electron chi connectivity index (χ1n) is 10.3. The van der Waals surface area contributed by atoms with Gasteiger partial charge in [0.25, 0.3) is 0 Å². The molecule has 0 aliphatic rings. The Bertz CT molecular complexity index is 841. The highest BCUT2D eigenvalue weighted by atomic mass is 32.2. The minimum atomic E-state index is -0.497. The zero-order valence-corrected chi connectivity index (χ0v) is 19.1. The van der Waals surface area contributed by atoms with Gasteiger partial charge in [-0.2, -0.15) is 0 Å². The molecule has 0 spiro atoms. The largest absolute Gasteiger partial charge is 0.497 e. The number of likely N-dealkylation sites (N-methyl/N-ethyl adjacent to an activating group) is 1. The molecule has 0 fully saturated rings. The number of nitrogens with one attached hydrogen (secondary N) is 1. The average Bonchev–Trinajstić information content (AvgIpc) is 2.75. The van der Waals surface area contributed by atoms with E-state index >= 15 is 0 Å². The smallest absolute Gasteiger partial charge is 0.242 e. The Labute approximate surface area is 184 Å². The predicted molar refractivity (Wildman–Crippen MR) is 124 cm³/mol. The van der Waals surface area contributed by atoms with Gasteiger partial charge in [0.15, 0.2) is 0 Å². The summed E-state index contributed by atoms with van der Waals surface area (Å²) in [4.78, 5) is 27.5. The minimum Gasteiger partial charge on any atom is -0.497 e. The summed E-state index contributed by atoms with van der Waals surface area (Å²) >= 11 is 1.58. The van der Waals surface area contributed by atoms with E-state index in [-0.39, 0.29) is 11.8 Å². The minimum absolute atomic E-state index is 0.0329. The number of hydrogen-bond donors (Lipinski definition) is 1. The van der Waals surface area contributed by atoms with Gasteiger partial charge in [0.1, 0.15) is 11.8 Å². The number of amides is 2. The summed E-state index contributed by atoms with van der Waals surface area (Å²) in [6.45, 7) is 6.81. The van der Waals surface area contributed by atoms with E-state index in [0.29, 0.717) is 25.3 Å². The van der Waals surface area contributed by atoms with Crippen LogP contribution >= 0.6 is 11.8 Å². The Morgan fingerprint density at radius 2 is 1.90 bits per heavy atom. The Morgan fingerprint density at radius 1 is 1.13 bits per heavy atom. The molecule has 0 radical (unpaired) electrons. The van der Waals surface area contributed by atoms with Gasteiger partial charge < -0.3 is 15.0 Å². The summed E-state index contributed by atoms with van der Waals surface area (Å²) in [5, 5.41) is 2.87. The van der Waals surface area contributed by atoms with Gasteiger partial charge in [0, 0.05) is 18.8 Å². The fourth-order valence-corrected chi connectivity index (χ4v) is 4.27. The molecule has 2 aromatic carbocycles. The highest BCUT2D eigenvalue weighted by molar-refractivity contribution is 7.99. The Morgan fingerprint density at radius 3 is 2.57 bits per heavy atom. The second-order valence-corrected chi connectivity index (χ2v) is 8.10. The van der Waals surface area contributed by atoms with Crippen molar-refractivity contribution < 1.29 is 14.3 Å². The Kier molecular flexibility index (Phi) is 9.74. The normalized spacial score (nSPS) is 11.6.